The van der Waals surface area contributed by atoms with Gasteiger partial charge in [0.2, 0.25) is 0 Å². The summed E-state index contributed by atoms with van der Waals surface area (Å²) in [6, 6.07) is 0. The molecule has 6 heteroatoms. The van der Waals surface area contributed by atoms with Crippen molar-refractivity contribution in [3.8, 4) is 0 Å². The van der Waals surface area contributed by atoms with Crippen LogP contribution in [0.3, 0.4) is 0 Å². The second-order valence-corrected chi connectivity index (χ2v) is 23.4. The Morgan fingerprint density at radius 3 is 0.790 bits per heavy atom. The first-order valence-corrected chi connectivity index (χ1v) is 35.1. The van der Waals surface area contributed by atoms with Crippen molar-refractivity contribution in [2.75, 3.05) is 13.2 Å². The summed E-state index contributed by atoms with van der Waals surface area (Å²) >= 11 is 0. The summed E-state index contributed by atoms with van der Waals surface area (Å²) in [7, 11) is 0. The highest BCUT2D eigenvalue weighted by atomic mass is 16.6. The first-order chi connectivity index (χ1) is 40.0. The van der Waals surface area contributed by atoms with Crippen LogP contribution in [0.25, 0.3) is 0 Å². The Morgan fingerprint density at radius 1 is 0.259 bits per heavy atom. The van der Waals surface area contributed by atoms with Crippen LogP contribution >= 0.6 is 0 Å². The fourth-order valence-corrected chi connectivity index (χ4v) is 10.1. The van der Waals surface area contributed by atoms with Gasteiger partial charge in [-0.25, -0.2) is 0 Å². The lowest BCUT2D eigenvalue weighted by atomic mass is 10.0. The van der Waals surface area contributed by atoms with E-state index in [1.165, 1.54) is 218 Å². The maximum Gasteiger partial charge on any atom is 0.306 e. The molecule has 6 nitrogen and oxygen atoms in total. The lowest BCUT2D eigenvalue weighted by molar-refractivity contribution is -0.167. The minimum Gasteiger partial charge on any atom is -0.462 e. The van der Waals surface area contributed by atoms with E-state index in [-0.39, 0.29) is 31.1 Å². The highest BCUT2D eigenvalue weighted by Gasteiger charge is 2.19. The molecule has 1 unspecified atom stereocenters. The minimum atomic E-state index is -0.791. The Morgan fingerprint density at radius 2 is 0.481 bits per heavy atom. The molecule has 0 fully saturated rings. The van der Waals surface area contributed by atoms with Crippen LogP contribution in [0.5, 0.6) is 0 Å². The first-order valence-electron chi connectivity index (χ1n) is 35.1. The quantitative estimate of drug-likeness (QED) is 0.0261. The fraction of sp³-hybridized carbons (Fsp3) is 0.773. The van der Waals surface area contributed by atoms with Gasteiger partial charge in [-0.2, -0.15) is 0 Å². The van der Waals surface area contributed by atoms with Gasteiger partial charge in [-0.3, -0.25) is 14.4 Å². The Bertz CT molecular complexity index is 1530. The molecule has 0 spiro atoms. The third-order valence-electron chi connectivity index (χ3n) is 15.4. The van der Waals surface area contributed by atoms with E-state index in [0.717, 1.165) is 96.3 Å². The molecule has 0 aromatic carbocycles. The maximum atomic E-state index is 12.9. The van der Waals surface area contributed by atoms with Crippen LogP contribution in [0.4, 0.5) is 0 Å². The lowest BCUT2D eigenvalue weighted by Crippen LogP contribution is -2.30. The summed E-state index contributed by atoms with van der Waals surface area (Å²) in [5.41, 5.74) is 0. The van der Waals surface area contributed by atoms with E-state index in [2.05, 4.69) is 106 Å². The number of esters is 3. The Hall–Kier alpha value is -3.41. The van der Waals surface area contributed by atoms with Crippen LogP contribution in [-0.4, -0.2) is 37.2 Å². The number of hydrogen-bond donors (Lipinski definition) is 0. The van der Waals surface area contributed by atoms with Crippen molar-refractivity contribution >= 4 is 17.9 Å². The van der Waals surface area contributed by atoms with Gasteiger partial charge in [0.1, 0.15) is 13.2 Å². The number of rotatable bonds is 64. The average Bonchev–Trinajstić information content (AvgIpc) is 3.46. The molecule has 0 amide bonds. The van der Waals surface area contributed by atoms with Crippen molar-refractivity contribution in [1.29, 1.82) is 0 Å². The van der Waals surface area contributed by atoms with Crippen molar-refractivity contribution in [1.82, 2.24) is 0 Å². The van der Waals surface area contributed by atoms with Gasteiger partial charge in [0.25, 0.3) is 0 Å². The van der Waals surface area contributed by atoms with E-state index < -0.39 is 6.10 Å². The van der Waals surface area contributed by atoms with E-state index >= 15 is 0 Å². The van der Waals surface area contributed by atoms with Crippen LogP contribution < -0.4 is 0 Å². The molecule has 468 valence electrons. The molecule has 0 N–H and O–H groups in total. The van der Waals surface area contributed by atoms with Crippen LogP contribution in [0.2, 0.25) is 0 Å². The fourth-order valence-electron chi connectivity index (χ4n) is 10.1. The summed E-state index contributed by atoms with van der Waals surface area (Å²) in [6.45, 7) is 6.50. The largest absolute Gasteiger partial charge is 0.462 e. The summed E-state index contributed by atoms with van der Waals surface area (Å²) in [5, 5.41) is 0. The van der Waals surface area contributed by atoms with Gasteiger partial charge in [0, 0.05) is 19.3 Å². The third-order valence-corrected chi connectivity index (χ3v) is 15.4. The lowest BCUT2D eigenvalue weighted by Gasteiger charge is -2.18. The average molecular weight is 1130 g/mol. The molecular formula is C75H132O6. The Kier molecular flexibility index (Phi) is 66.2. The van der Waals surface area contributed by atoms with E-state index in [1.54, 1.807) is 0 Å². The highest BCUT2D eigenvalue weighted by molar-refractivity contribution is 5.71. The number of carbonyl (C=O) groups excluding carboxylic acids is 3. The van der Waals surface area contributed by atoms with Crippen LogP contribution in [0.1, 0.15) is 355 Å². The molecule has 81 heavy (non-hydrogen) atoms. The monoisotopic (exact) mass is 1130 g/mol. The Balaban J connectivity index is 4.20. The molecule has 0 bridgehead atoms. The number of carbonyl (C=O) groups is 3. The zero-order chi connectivity index (χ0) is 58.5. The van der Waals surface area contributed by atoms with E-state index in [9.17, 15) is 14.4 Å². The zero-order valence-electron chi connectivity index (χ0n) is 53.8. The van der Waals surface area contributed by atoms with Crippen molar-refractivity contribution in [3.05, 3.63) is 85.1 Å². The van der Waals surface area contributed by atoms with Gasteiger partial charge >= 0.3 is 17.9 Å². The van der Waals surface area contributed by atoms with Gasteiger partial charge in [0.15, 0.2) is 6.10 Å². The highest BCUT2D eigenvalue weighted by Crippen LogP contribution is 2.17. The standard InChI is InChI=1S/C75H132O6/c1-4-7-10-13-16-19-22-25-27-29-31-32-33-34-35-36-37-38-39-40-41-42-44-45-47-50-53-56-59-62-65-68-74(77)80-71-72(70-79-73(76)67-64-61-58-55-52-49-24-21-18-15-12-9-6-3)81-75(78)69-66-63-60-57-54-51-48-46-43-30-28-26-23-20-17-14-11-8-5-2/h9,12,17-18,20-22,25-26,28-29,31,49,52,72H,4-8,10-11,13-16,19,23-24,27,30,32-48,50-51,53-71H2,1-3H3/b12-9-,20-17-,21-18-,25-22-,28-26-,31-29-,52-49-. The topological polar surface area (TPSA) is 78.9 Å². The van der Waals surface area contributed by atoms with Gasteiger partial charge in [-0.1, -0.05) is 305 Å². The molecule has 0 rings (SSSR count). The molecule has 1 atom stereocenters. The molecular weight excluding hydrogens is 997 g/mol. The number of unbranched alkanes of at least 4 members (excludes halogenated alkanes) is 39. The molecule has 0 aromatic heterocycles. The van der Waals surface area contributed by atoms with Gasteiger partial charge in [0.05, 0.1) is 0 Å². The molecule has 0 saturated carbocycles. The summed E-state index contributed by atoms with van der Waals surface area (Å²) in [5.74, 6) is -0.904. The summed E-state index contributed by atoms with van der Waals surface area (Å²) in [4.78, 5) is 38.4. The minimum absolute atomic E-state index is 0.0849. The van der Waals surface area contributed by atoms with Crippen molar-refractivity contribution in [2.45, 2.75) is 361 Å². The van der Waals surface area contributed by atoms with Gasteiger partial charge < -0.3 is 14.2 Å². The maximum absolute atomic E-state index is 12.9. The third kappa shape index (κ3) is 67.3. The van der Waals surface area contributed by atoms with E-state index in [4.69, 9.17) is 14.2 Å². The van der Waals surface area contributed by atoms with E-state index in [1.807, 2.05) is 0 Å². The Labute approximate surface area is 503 Å². The van der Waals surface area contributed by atoms with Crippen LogP contribution in [-0.2, 0) is 28.6 Å². The predicted molar refractivity (Wildman–Crippen MR) is 353 cm³/mol. The second-order valence-electron chi connectivity index (χ2n) is 23.4. The van der Waals surface area contributed by atoms with Crippen molar-refractivity contribution < 1.29 is 28.6 Å². The smallest absolute Gasteiger partial charge is 0.306 e. The van der Waals surface area contributed by atoms with Crippen molar-refractivity contribution in [2.24, 2.45) is 0 Å². The van der Waals surface area contributed by atoms with Gasteiger partial charge in [-0.05, 0) is 116 Å². The number of hydrogen-bond acceptors (Lipinski definition) is 6. The molecule has 0 heterocycles. The molecule has 0 saturated heterocycles. The van der Waals surface area contributed by atoms with Crippen LogP contribution in [0.15, 0.2) is 85.1 Å². The normalized spacial score (nSPS) is 12.6. The molecule has 0 aromatic rings. The van der Waals surface area contributed by atoms with Gasteiger partial charge in [-0.15, -0.1) is 0 Å². The second kappa shape index (κ2) is 69.1. The van der Waals surface area contributed by atoms with E-state index in [0.29, 0.717) is 19.3 Å². The van der Waals surface area contributed by atoms with Crippen molar-refractivity contribution in [3.63, 3.8) is 0 Å². The molecule has 0 aliphatic rings. The van der Waals surface area contributed by atoms with Crippen LogP contribution in [0, 0.1) is 0 Å². The number of allylic oxidation sites excluding steroid dienone is 14. The first kappa shape index (κ1) is 77.6. The summed E-state index contributed by atoms with van der Waals surface area (Å²) in [6.07, 6.45) is 91.9. The summed E-state index contributed by atoms with van der Waals surface area (Å²) < 4.78 is 16.9. The zero-order valence-corrected chi connectivity index (χ0v) is 53.8. The molecule has 0 radical (unpaired) electrons. The SMILES string of the molecule is CC/C=C\C/C=C\C/C=C\CCCCCC(=O)OCC(COC(=O)CCCCCCCCCCCCCCCCCCCCC/C=C\C/C=C\CCCCCCC)OC(=O)CCCCCCCCCCC/C=C\C/C=C\CCCCC. The molecule has 0 aliphatic heterocycles. The predicted octanol–water partition coefficient (Wildman–Crippen LogP) is 24.2. The molecule has 0 aliphatic carbocycles. The number of ether oxygens (including phenoxy) is 3.